The molecule has 0 amide bonds. The summed E-state index contributed by atoms with van der Waals surface area (Å²) in [5.74, 6) is 0. The first kappa shape index (κ1) is 82.2. The van der Waals surface area contributed by atoms with Crippen LogP contribution >= 0.6 is 0 Å². The van der Waals surface area contributed by atoms with Crippen LogP contribution in [0.15, 0.2) is 0 Å². The maximum Gasteiger partial charge on any atom is 0.187 e. The van der Waals surface area contributed by atoms with Crippen molar-refractivity contribution < 1.29 is 229 Å². The predicted molar refractivity (Wildman–Crippen MR) is 297 cm³/mol. The van der Waals surface area contributed by atoms with Crippen LogP contribution in [0.4, 0.5) is 0 Å². The molecule has 0 spiro atoms. The van der Waals surface area contributed by atoms with Crippen LogP contribution in [0.5, 0.6) is 0 Å². The second kappa shape index (κ2) is 35.5. The molecule has 100 heavy (non-hydrogen) atoms. The number of ether oxygens (including phenoxy) is 17. The number of hydrogen-bond donors (Lipinski definition) is 29. The van der Waals surface area contributed by atoms with Gasteiger partial charge in [0, 0.05) is 0 Å². The fourth-order valence-electron chi connectivity index (χ4n) is 12.7. The van der Waals surface area contributed by atoms with Crippen molar-refractivity contribution in [2.75, 3.05) is 59.5 Å². The Labute approximate surface area is 563 Å². The average Bonchev–Trinajstić information content (AvgIpc) is 0.779. The zero-order valence-corrected chi connectivity index (χ0v) is 52.3. The van der Waals surface area contributed by atoms with Crippen LogP contribution in [0.3, 0.4) is 0 Å². The van der Waals surface area contributed by atoms with Crippen molar-refractivity contribution in [1.82, 2.24) is 0 Å². The van der Waals surface area contributed by atoms with Crippen molar-refractivity contribution in [3.8, 4) is 0 Å². The highest BCUT2D eigenvalue weighted by atomic mass is 16.8. The lowest BCUT2D eigenvalue weighted by Gasteiger charge is -2.50. The lowest BCUT2D eigenvalue weighted by atomic mass is 9.95. The van der Waals surface area contributed by atoms with E-state index >= 15 is 0 Å². The van der Waals surface area contributed by atoms with Crippen LogP contribution < -0.4 is 0 Å². The molecule has 9 aliphatic heterocycles. The van der Waals surface area contributed by atoms with E-state index < -0.39 is 336 Å². The van der Waals surface area contributed by atoms with E-state index in [9.17, 15) is 148 Å². The number of hydrogen-bond acceptors (Lipinski definition) is 46. The van der Waals surface area contributed by atoms with Gasteiger partial charge in [-0.25, -0.2) is 0 Å². The highest BCUT2D eigenvalue weighted by Crippen LogP contribution is 2.39. The van der Waals surface area contributed by atoms with E-state index in [2.05, 4.69) is 0 Å². The maximum atomic E-state index is 12.2. The van der Waals surface area contributed by atoms with Crippen LogP contribution in [0.25, 0.3) is 0 Å². The molecule has 46 heteroatoms. The Bertz CT molecular complexity index is 2450. The summed E-state index contributed by atoms with van der Waals surface area (Å²) in [6.45, 7) is -9.52. The van der Waals surface area contributed by atoms with Crippen molar-refractivity contribution in [2.24, 2.45) is 0 Å². The lowest BCUT2D eigenvalue weighted by molar-refractivity contribution is -0.404. The minimum atomic E-state index is -2.44. The molecule has 584 valence electrons. The topological polar surface area (TPSA) is 744 Å². The molecule has 0 aromatic carbocycles. The van der Waals surface area contributed by atoms with Gasteiger partial charge in [0.15, 0.2) is 56.6 Å². The third kappa shape index (κ3) is 17.0. The Kier molecular flexibility index (Phi) is 29.2. The summed E-state index contributed by atoms with van der Waals surface area (Å²) in [6, 6.07) is 0. The summed E-state index contributed by atoms with van der Waals surface area (Å²) in [7, 11) is 0. The summed E-state index contributed by atoms with van der Waals surface area (Å²) in [6.07, 6.45) is -94.6. The first-order valence-electron chi connectivity index (χ1n) is 31.7. The number of aliphatic hydroxyl groups is 29. The SMILES string of the molecule is OCC1O[C@H](OC2C(O)[C@H](O)C(CO)O[C@@H]2O[C@@H]2C(O)[C@@H](OCC3O[C@@H](O)C(O)[C@@H](O[C@H]4OC(CO)[C@@H](O)C(O)C4O[C@H]4OC(CO)[C@@H](O)C(O)C4O[C@H]4OC(CO)[C@@H](O)C(O)C4O)[C@@H]3O)OC(CO[C@H]3OC(CO)[C@@H](O)[C@H](O)C3O[C@H]3OC(CO)[C@@H](O)[C@H](O)C3O)[C@H]2O)C(O)C(O)[C@@H]1O. The molecule has 9 saturated heterocycles. The third-order valence-electron chi connectivity index (χ3n) is 18.7. The number of aliphatic hydroxyl groups excluding tert-OH is 29. The maximum absolute atomic E-state index is 12.2. The van der Waals surface area contributed by atoms with Crippen molar-refractivity contribution in [1.29, 1.82) is 0 Å². The van der Waals surface area contributed by atoms with E-state index in [-0.39, 0.29) is 0 Å². The van der Waals surface area contributed by atoms with E-state index in [0.717, 1.165) is 0 Å². The third-order valence-corrected chi connectivity index (χ3v) is 18.7. The van der Waals surface area contributed by atoms with Crippen LogP contribution in [0.2, 0.25) is 0 Å². The monoisotopic (exact) mass is 1480 g/mol. The Morgan fingerprint density at radius 3 is 0.700 bits per heavy atom. The summed E-state index contributed by atoms with van der Waals surface area (Å²) in [5, 5.41) is 314. The van der Waals surface area contributed by atoms with Gasteiger partial charge in [0.25, 0.3) is 0 Å². The molecule has 45 atom stereocenters. The van der Waals surface area contributed by atoms with E-state index in [4.69, 9.17) is 80.5 Å². The van der Waals surface area contributed by atoms with Crippen molar-refractivity contribution in [2.45, 2.75) is 276 Å². The fourth-order valence-corrected chi connectivity index (χ4v) is 12.7. The fraction of sp³-hybridized carbons (Fsp3) is 1.00. The van der Waals surface area contributed by atoms with Crippen molar-refractivity contribution >= 4 is 0 Å². The quantitative estimate of drug-likeness (QED) is 0.0404. The van der Waals surface area contributed by atoms with Gasteiger partial charge in [0.2, 0.25) is 0 Å². The van der Waals surface area contributed by atoms with Gasteiger partial charge in [0.05, 0.1) is 59.5 Å². The van der Waals surface area contributed by atoms with Gasteiger partial charge in [-0.2, -0.15) is 0 Å². The van der Waals surface area contributed by atoms with Gasteiger partial charge in [-0.15, -0.1) is 0 Å². The molecular formula is C54H92O46. The number of rotatable bonds is 25. The Hall–Kier alpha value is -1.84. The smallest absolute Gasteiger partial charge is 0.187 e. The first-order chi connectivity index (χ1) is 47.4. The molecule has 23 unspecified atom stereocenters. The molecule has 9 heterocycles. The minimum Gasteiger partial charge on any atom is -0.394 e. The summed E-state index contributed by atoms with van der Waals surface area (Å²) in [5.41, 5.74) is 0. The standard InChI is InChI=1S/C54H92O46/c55-1-10-19(62)28(71)35(78)48(87-10)97-42-31(74)22(65)13(4-58)90-51(42)85-9-18-27(70)41(96-52-43(32(75)23(66)14(5-59)91-52)98-49-36(79)29(72)20(63)11(2-56)88-49)39(82)47(94-18)84-8-17-26(69)40(38(81)46(83)86-17)95-53-45(34(77)25(68)15(6-60)92-53)100-54-44(33(76)24(67)16(7-61)93-54)99-50-37(80)30(73)21(64)12(3-57)89-50/h10-83H,1-9H2/t10?,11?,12?,13?,14?,15?,16?,17?,18?,19-,20-,21-,22-,23-,24-,25-,26-,27-,28+,29?,30?,31+,32?,33?,34?,35?,36?,37?,38?,39?,40+,41+,42?,43?,44?,45?,46-,47+,48-,49-,50-,51+,52-,53-,54-/m1/s1. The van der Waals surface area contributed by atoms with Crippen LogP contribution in [-0.2, 0) is 80.5 Å². The van der Waals surface area contributed by atoms with E-state index in [1.165, 1.54) is 0 Å². The van der Waals surface area contributed by atoms with E-state index in [1.54, 1.807) is 0 Å². The molecule has 0 aromatic rings. The van der Waals surface area contributed by atoms with Crippen LogP contribution in [0.1, 0.15) is 0 Å². The highest BCUT2D eigenvalue weighted by Gasteiger charge is 2.60. The summed E-state index contributed by atoms with van der Waals surface area (Å²) in [4.78, 5) is 0. The second-order valence-electron chi connectivity index (χ2n) is 25.3. The van der Waals surface area contributed by atoms with Gasteiger partial charge < -0.3 is 229 Å². The minimum absolute atomic E-state index is 0.965. The molecule has 0 aliphatic carbocycles. The Balaban J connectivity index is 0.987. The molecule has 46 nitrogen and oxygen atoms in total. The van der Waals surface area contributed by atoms with Gasteiger partial charge in [-0.1, -0.05) is 0 Å². The molecule has 0 saturated carbocycles. The molecule has 29 N–H and O–H groups in total. The Morgan fingerprint density at radius 2 is 0.390 bits per heavy atom. The second-order valence-corrected chi connectivity index (χ2v) is 25.3. The summed E-state index contributed by atoms with van der Waals surface area (Å²) >= 11 is 0. The zero-order chi connectivity index (χ0) is 73.4. The van der Waals surface area contributed by atoms with Gasteiger partial charge in [-0.3, -0.25) is 0 Å². The summed E-state index contributed by atoms with van der Waals surface area (Å²) < 4.78 is 97.2. The molecular weight excluding hydrogens is 1380 g/mol. The van der Waals surface area contributed by atoms with Crippen LogP contribution in [0, 0.1) is 0 Å². The average molecular weight is 1480 g/mol. The highest BCUT2D eigenvalue weighted by molar-refractivity contribution is 5.02. The molecule has 0 aromatic heterocycles. The van der Waals surface area contributed by atoms with E-state index in [1.807, 2.05) is 0 Å². The normalized spacial score (nSPS) is 53.7. The molecule has 9 rings (SSSR count). The Morgan fingerprint density at radius 1 is 0.170 bits per heavy atom. The first-order valence-corrected chi connectivity index (χ1v) is 31.7. The molecule has 0 radical (unpaired) electrons. The van der Waals surface area contributed by atoms with E-state index in [0.29, 0.717) is 0 Å². The van der Waals surface area contributed by atoms with Gasteiger partial charge in [0.1, 0.15) is 220 Å². The van der Waals surface area contributed by atoms with Crippen LogP contribution in [-0.4, -0.2) is 484 Å². The van der Waals surface area contributed by atoms with Crippen molar-refractivity contribution in [3.63, 3.8) is 0 Å². The molecule has 9 fully saturated rings. The largest absolute Gasteiger partial charge is 0.394 e. The lowest BCUT2D eigenvalue weighted by Crippen LogP contribution is -2.68. The van der Waals surface area contributed by atoms with Gasteiger partial charge >= 0.3 is 0 Å². The zero-order valence-electron chi connectivity index (χ0n) is 52.3. The molecule has 0 bridgehead atoms. The van der Waals surface area contributed by atoms with Crippen molar-refractivity contribution in [3.05, 3.63) is 0 Å². The predicted octanol–water partition coefficient (Wildman–Crippen LogP) is -20.6. The van der Waals surface area contributed by atoms with Gasteiger partial charge in [-0.05, 0) is 0 Å². The molecule has 9 aliphatic rings.